The number of fused-ring (bicyclic) bond motifs is 1. The normalized spacial score (nSPS) is 13.8. The van der Waals surface area contributed by atoms with Crippen LogP contribution in [0.1, 0.15) is 21.6 Å². The first-order chi connectivity index (χ1) is 10.5. The van der Waals surface area contributed by atoms with E-state index in [1.807, 2.05) is 18.2 Å². The van der Waals surface area contributed by atoms with E-state index < -0.39 is 11.2 Å². The van der Waals surface area contributed by atoms with E-state index in [4.69, 9.17) is 0 Å². The molecule has 0 atom stereocenters. The number of hydrogen-bond donors (Lipinski definition) is 0. The maximum atomic E-state index is 12.7. The highest BCUT2D eigenvalue weighted by atomic mass is 16.2. The summed E-state index contributed by atoms with van der Waals surface area (Å²) >= 11 is 0. The van der Waals surface area contributed by atoms with Crippen molar-refractivity contribution in [3.05, 3.63) is 68.0 Å². The van der Waals surface area contributed by atoms with Gasteiger partial charge in [-0.2, -0.15) is 0 Å². The highest BCUT2D eigenvalue weighted by Crippen LogP contribution is 2.19. The number of carbonyl (C=O) groups is 1. The molecular weight excluding hydrogens is 282 g/mol. The van der Waals surface area contributed by atoms with Gasteiger partial charge < -0.3 is 4.90 Å². The Kier molecular flexibility index (Phi) is 3.44. The molecule has 0 spiro atoms. The van der Waals surface area contributed by atoms with Crippen LogP contribution in [0.5, 0.6) is 0 Å². The van der Waals surface area contributed by atoms with Crippen LogP contribution in [0, 0.1) is 0 Å². The average Bonchev–Trinajstić information content (AvgIpc) is 2.55. The maximum absolute atomic E-state index is 12.7. The largest absolute Gasteiger partial charge is 0.333 e. The van der Waals surface area contributed by atoms with Crippen molar-refractivity contribution in [3.8, 4) is 0 Å². The molecule has 0 radical (unpaired) electrons. The van der Waals surface area contributed by atoms with Crippen LogP contribution in [0.4, 0.5) is 0 Å². The van der Waals surface area contributed by atoms with Gasteiger partial charge >= 0.3 is 5.69 Å². The van der Waals surface area contributed by atoms with Crippen molar-refractivity contribution in [2.75, 3.05) is 6.54 Å². The number of aromatic nitrogens is 2. The standard InChI is InChI=1S/C16H17N3O3/c1-17-13(9-14(20)18(2)16(17)22)15(21)19-8-7-11-5-3-4-6-12(11)10-19/h3-6,9H,7-8,10H2,1-2H3. The van der Waals surface area contributed by atoms with Gasteiger partial charge in [-0.1, -0.05) is 24.3 Å². The highest BCUT2D eigenvalue weighted by Gasteiger charge is 2.24. The predicted molar refractivity (Wildman–Crippen MR) is 81.8 cm³/mol. The quantitative estimate of drug-likeness (QED) is 0.760. The van der Waals surface area contributed by atoms with E-state index in [1.54, 1.807) is 4.90 Å². The van der Waals surface area contributed by atoms with Gasteiger partial charge in [0.1, 0.15) is 5.69 Å². The molecule has 1 aliphatic heterocycles. The number of amides is 1. The molecule has 1 aromatic carbocycles. The molecule has 6 nitrogen and oxygen atoms in total. The van der Waals surface area contributed by atoms with E-state index in [0.29, 0.717) is 13.1 Å². The van der Waals surface area contributed by atoms with E-state index in [-0.39, 0.29) is 11.6 Å². The van der Waals surface area contributed by atoms with Crippen LogP contribution in [-0.2, 0) is 27.1 Å². The van der Waals surface area contributed by atoms with Crippen LogP contribution in [0.15, 0.2) is 39.9 Å². The molecule has 0 saturated carbocycles. The van der Waals surface area contributed by atoms with E-state index in [2.05, 4.69) is 6.07 Å². The van der Waals surface area contributed by atoms with Crippen molar-refractivity contribution in [1.29, 1.82) is 0 Å². The summed E-state index contributed by atoms with van der Waals surface area (Å²) < 4.78 is 2.21. The van der Waals surface area contributed by atoms with Crippen molar-refractivity contribution in [3.63, 3.8) is 0 Å². The number of nitrogens with zero attached hydrogens (tertiary/aromatic N) is 3. The Hall–Kier alpha value is -2.63. The fraction of sp³-hybridized carbons (Fsp3) is 0.312. The molecule has 0 aliphatic carbocycles. The number of benzene rings is 1. The average molecular weight is 299 g/mol. The lowest BCUT2D eigenvalue weighted by atomic mass is 10.00. The summed E-state index contributed by atoms with van der Waals surface area (Å²) in [7, 11) is 2.91. The summed E-state index contributed by atoms with van der Waals surface area (Å²) in [4.78, 5) is 38.1. The number of rotatable bonds is 1. The zero-order chi connectivity index (χ0) is 15.9. The highest BCUT2D eigenvalue weighted by molar-refractivity contribution is 5.92. The zero-order valence-electron chi connectivity index (χ0n) is 12.6. The third kappa shape index (κ3) is 2.26. The van der Waals surface area contributed by atoms with Crippen molar-refractivity contribution >= 4 is 5.91 Å². The minimum Gasteiger partial charge on any atom is -0.333 e. The van der Waals surface area contributed by atoms with Crippen molar-refractivity contribution in [2.45, 2.75) is 13.0 Å². The van der Waals surface area contributed by atoms with E-state index >= 15 is 0 Å². The fourth-order valence-corrected chi connectivity index (χ4v) is 2.77. The third-order valence-corrected chi connectivity index (χ3v) is 4.16. The van der Waals surface area contributed by atoms with Gasteiger partial charge in [0.25, 0.3) is 11.5 Å². The molecule has 1 aromatic heterocycles. The lowest BCUT2D eigenvalue weighted by Gasteiger charge is -2.29. The van der Waals surface area contributed by atoms with Gasteiger partial charge in [0.05, 0.1) is 0 Å². The van der Waals surface area contributed by atoms with Crippen LogP contribution in [-0.4, -0.2) is 26.5 Å². The molecule has 1 amide bonds. The maximum Gasteiger partial charge on any atom is 0.331 e. The molecule has 2 aromatic rings. The summed E-state index contributed by atoms with van der Waals surface area (Å²) in [6, 6.07) is 9.22. The second-order valence-corrected chi connectivity index (χ2v) is 5.51. The Balaban J connectivity index is 1.97. The minimum absolute atomic E-state index is 0.132. The molecule has 0 N–H and O–H groups in total. The first kappa shape index (κ1) is 14.3. The monoisotopic (exact) mass is 299 g/mol. The molecule has 114 valence electrons. The molecular formula is C16H17N3O3. The molecule has 6 heteroatoms. The van der Waals surface area contributed by atoms with Crippen molar-refractivity contribution in [2.24, 2.45) is 14.1 Å². The first-order valence-corrected chi connectivity index (χ1v) is 7.12. The number of carbonyl (C=O) groups excluding carboxylic acids is 1. The third-order valence-electron chi connectivity index (χ3n) is 4.16. The van der Waals surface area contributed by atoms with Gasteiger partial charge in [0.15, 0.2) is 0 Å². The molecule has 3 rings (SSSR count). The SMILES string of the molecule is Cn1c(C(=O)N2CCc3ccccc3C2)cc(=O)n(C)c1=O. The summed E-state index contributed by atoms with van der Waals surface area (Å²) in [5, 5.41) is 0. The van der Waals surface area contributed by atoms with Crippen LogP contribution >= 0.6 is 0 Å². The van der Waals surface area contributed by atoms with Gasteiger partial charge in [-0.15, -0.1) is 0 Å². The minimum atomic E-state index is -0.492. The molecule has 0 saturated heterocycles. The van der Waals surface area contributed by atoms with Crippen molar-refractivity contribution in [1.82, 2.24) is 14.0 Å². The van der Waals surface area contributed by atoms with Gasteiger partial charge in [-0.05, 0) is 17.5 Å². The van der Waals surface area contributed by atoms with Crippen LogP contribution in [0.3, 0.4) is 0 Å². The topological polar surface area (TPSA) is 64.3 Å². The van der Waals surface area contributed by atoms with Gasteiger partial charge in [-0.25, -0.2) is 4.79 Å². The summed E-state index contributed by atoms with van der Waals surface area (Å²) in [5.74, 6) is -0.285. The van der Waals surface area contributed by atoms with Crippen LogP contribution < -0.4 is 11.2 Å². The number of hydrogen-bond acceptors (Lipinski definition) is 3. The Morgan fingerprint density at radius 3 is 2.45 bits per heavy atom. The Bertz CT molecular complexity index is 864. The Labute approximate surface area is 127 Å². The van der Waals surface area contributed by atoms with Gasteiger partial charge in [0, 0.05) is 33.3 Å². The van der Waals surface area contributed by atoms with Gasteiger partial charge in [0.2, 0.25) is 0 Å². The molecule has 1 aliphatic rings. The lowest BCUT2D eigenvalue weighted by Crippen LogP contribution is -2.43. The Morgan fingerprint density at radius 2 is 1.73 bits per heavy atom. The van der Waals surface area contributed by atoms with Crippen LogP contribution in [0.25, 0.3) is 0 Å². The van der Waals surface area contributed by atoms with E-state index in [0.717, 1.165) is 16.6 Å². The molecule has 22 heavy (non-hydrogen) atoms. The predicted octanol–water partition coefficient (Wildman–Crippen LogP) is 0.282. The summed E-state index contributed by atoms with van der Waals surface area (Å²) in [5.41, 5.74) is 1.52. The second kappa shape index (κ2) is 5.29. The first-order valence-electron chi connectivity index (χ1n) is 7.12. The summed E-state index contributed by atoms with van der Waals surface area (Å²) in [6.45, 7) is 1.08. The van der Waals surface area contributed by atoms with E-state index in [9.17, 15) is 14.4 Å². The fourth-order valence-electron chi connectivity index (χ4n) is 2.77. The second-order valence-electron chi connectivity index (χ2n) is 5.51. The van der Waals surface area contributed by atoms with Gasteiger partial charge in [-0.3, -0.25) is 18.7 Å². The Morgan fingerprint density at radius 1 is 1.05 bits per heavy atom. The molecule has 0 unspecified atom stereocenters. The van der Waals surface area contributed by atoms with E-state index in [1.165, 1.54) is 30.3 Å². The molecule has 2 heterocycles. The molecule has 0 bridgehead atoms. The molecule has 0 fully saturated rings. The lowest BCUT2D eigenvalue weighted by molar-refractivity contribution is 0.0722. The van der Waals surface area contributed by atoms with Crippen molar-refractivity contribution < 1.29 is 4.79 Å². The summed E-state index contributed by atoms with van der Waals surface area (Å²) in [6.07, 6.45) is 0.778. The zero-order valence-corrected chi connectivity index (χ0v) is 12.6. The van der Waals surface area contributed by atoms with Crippen LogP contribution in [0.2, 0.25) is 0 Å². The smallest absolute Gasteiger partial charge is 0.331 e.